The van der Waals surface area contributed by atoms with Crippen molar-refractivity contribution in [3.05, 3.63) is 11.9 Å². The number of hydrogen-bond donors (Lipinski definition) is 1. The maximum absolute atomic E-state index is 4.68. The first-order chi connectivity index (χ1) is 9.11. The Labute approximate surface area is 117 Å². The standard InChI is InChI=1S/C16H29N3/c1-5-14-8-6-7-9-15(14)19-11-13(4)18-16(19)17-10-12(2)3/h11-12,14-15H,5-10H2,1-4H3,(H,17,18). The Morgan fingerprint density at radius 2 is 2.11 bits per heavy atom. The Kier molecular flexibility index (Phi) is 4.89. The Balaban J connectivity index is 2.17. The molecule has 3 nitrogen and oxygen atoms in total. The molecule has 1 saturated carbocycles. The number of nitrogens with one attached hydrogen (secondary N) is 1. The minimum absolute atomic E-state index is 0.648. The van der Waals surface area contributed by atoms with Crippen LogP contribution in [0.1, 0.15) is 64.6 Å². The fourth-order valence-electron chi connectivity index (χ4n) is 3.23. The second kappa shape index (κ2) is 6.44. The lowest BCUT2D eigenvalue weighted by Gasteiger charge is -2.33. The molecule has 1 heterocycles. The van der Waals surface area contributed by atoms with Gasteiger partial charge in [-0.25, -0.2) is 4.98 Å². The summed E-state index contributed by atoms with van der Waals surface area (Å²) in [5.41, 5.74) is 1.13. The number of rotatable bonds is 5. The summed E-state index contributed by atoms with van der Waals surface area (Å²) in [6, 6.07) is 0.648. The van der Waals surface area contributed by atoms with Crippen molar-refractivity contribution in [1.82, 2.24) is 9.55 Å². The van der Waals surface area contributed by atoms with Gasteiger partial charge in [0.15, 0.2) is 0 Å². The third-order valence-electron chi connectivity index (χ3n) is 4.27. The maximum atomic E-state index is 4.68. The van der Waals surface area contributed by atoms with Gasteiger partial charge in [0, 0.05) is 18.8 Å². The summed E-state index contributed by atoms with van der Waals surface area (Å²) < 4.78 is 2.42. The molecule has 0 radical (unpaired) electrons. The minimum Gasteiger partial charge on any atom is -0.355 e. The molecular formula is C16H29N3. The molecule has 0 aliphatic heterocycles. The van der Waals surface area contributed by atoms with Crippen LogP contribution in [0.4, 0.5) is 5.95 Å². The lowest BCUT2D eigenvalue weighted by Crippen LogP contribution is -2.24. The zero-order valence-corrected chi connectivity index (χ0v) is 12.9. The summed E-state index contributed by atoms with van der Waals surface area (Å²) in [7, 11) is 0. The molecule has 108 valence electrons. The van der Waals surface area contributed by atoms with Crippen LogP contribution in [-0.4, -0.2) is 16.1 Å². The fourth-order valence-corrected chi connectivity index (χ4v) is 3.23. The third-order valence-corrected chi connectivity index (χ3v) is 4.27. The molecule has 1 aromatic heterocycles. The van der Waals surface area contributed by atoms with E-state index in [1.165, 1.54) is 32.1 Å². The molecule has 1 fully saturated rings. The molecule has 1 N–H and O–H groups in total. The Morgan fingerprint density at radius 3 is 2.79 bits per heavy atom. The quantitative estimate of drug-likeness (QED) is 0.853. The molecule has 2 atom stereocenters. The van der Waals surface area contributed by atoms with Crippen LogP contribution in [0.3, 0.4) is 0 Å². The van der Waals surface area contributed by atoms with E-state index in [2.05, 4.69) is 48.8 Å². The zero-order chi connectivity index (χ0) is 13.8. The molecular weight excluding hydrogens is 234 g/mol. The van der Waals surface area contributed by atoms with E-state index in [-0.39, 0.29) is 0 Å². The number of nitrogens with zero attached hydrogens (tertiary/aromatic N) is 2. The van der Waals surface area contributed by atoms with Crippen molar-refractivity contribution in [3.63, 3.8) is 0 Å². The largest absolute Gasteiger partial charge is 0.355 e. The van der Waals surface area contributed by atoms with Gasteiger partial charge in [0.25, 0.3) is 0 Å². The highest BCUT2D eigenvalue weighted by Crippen LogP contribution is 2.37. The van der Waals surface area contributed by atoms with Crippen molar-refractivity contribution in [2.75, 3.05) is 11.9 Å². The van der Waals surface area contributed by atoms with Gasteiger partial charge in [-0.2, -0.15) is 0 Å². The van der Waals surface area contributed by atoms with Crippen molar-refractivity contribution < 1.29 is 0 Å². The van der Waals surface area contributed by atoms with E-state index in [9.17, 15) is 0 Å². The van der Waals surface area contributed by atoms with E-state index in [1.807, 2.05) is 0 Å². The van der Waals surface area contributed by atoms with Crippen LogP contribution in [0.15, 0.2) is 6.20 Å². The van der Waals surface area contributed by atoms with Crippen LogP contribution in [0, 0.1) is 18.8 Å². The molecule has 19 heavy (non-hydrogen) atoms. The van der Waals surface area contributed by atoms with Crippen molar-refractivity contribution in [2.24, 2.45) is 11.8 Å². The highest BCUT2D eigenvalue weighted by Gasteiger charge is 2.27. The minimum atomic E-state index is 0.648. The predicted molar refractivity (Wildman–Crippen MR) is 81.6 cm³/mol. The SMILES string of the molecule is CCC1CCCCC1n1cc(C)nc1NCC(C)C. The van der Waals surface area contributed by atoms with Gasteiger partial charge in [-0.15, -0.1) is 0 Å². The molecule has 0 spiro atoms. The van der Waals surface area contributed by atoms with Gasteiger partial charge >= 0.3 is 0 Å². The molecule has 0 aromatic carbocycles. The molecule has 1 aromatic rings. The monoisotopic (exact) mass is 263 g/mol. The van der Waals surface area contributed by atoms with E-state index in [4.69, 9.17) is 0 Å². The van der Waals surface area contributed by atoms with Crippen molar-refractivity contribution in [1.29, 1.82) is 0 Å². The second-order valence-electron chi connectivity index (χ2n) is 6.41. The molecule has 1 aliphatic carbocycles. The summed E-state index contributed by atoms with van der Waals surface area (Å²) in [6.07, 6.45) is 8.97. The van der Waals surface area contributed by atoms with E-state index in [1.54, 1.807) is 0 Å². The first kappa shape index (κ1) is 14.4. The van der Waals surface area contributed by atoms with Gasteiger partial charge in [-0.1, -0.05) is 40.0 Å². The average molecular weight is 263 g/mol. The molecule has 3 heteroatoms. The number of hydrogen-bond acceptors (Lipinski definition) is 2. The van der Waals surface area contributed by atoms with E-state index in [0.717, 1.165) is 24.1 Å². The smallest absolute Gasteiger partial charge is 0.203 e. The van der Waals surface area contributed by atoms with Crippen LogP contribution < -0.4 is 5.32 Å². The number of aryl methyl sites for hydroxylation is 1. The summed E-state index contributed by atoms with van der Waals surface area (Å²) >= 11 is 0. The van der Waals surface area contributed by atoms with Gasteiger partial charge in [0.1, 0.15) is 0 Å². The lowest BCUT2D eigenvalue weighted by molar-refractivity contribution is 0.234. The Morgan fingerprint density at radius 1 is 1.37 bits per heavy atom. The van der Waals surface area contributed by atoms with Gasteiger partial charge in [-0.3, -0.25) is 0 Å². The summed E-state index contributed by atoms with van der Waals surface area (Å²) in [5.74, 6) is 2.55. The van der Waals surface area contributed by atoms with Gasteiger partial charge in [0.05, 0.1) is 5.69 Å². The summed E-state index contributed by atoms with van der Waals surface area (Å²) in [5, 5.41) is 3.53. The zero-order valence-electron chi connectivity index (χ0n) is 12.9. The number of anilines is 1. The number of aromatic nitrogens is 2. The van der Waals surface area contributed by atoms with Crippen LogP contribution in [0.2, 0.25) is 0 Å². The first-order valence-corrected chi connectivity index (χ1v) is 7.91. The van der Waals surface area contributed by atoms with Crippen molar-refractivity contribution >= 4 is 5.95 Å². The third kappa shape index (κ3) is 3.52. The highest BCUT2D eigenvalue weighted by molar-refractivity contribution is 5.30. The van der Waals surface area contributed by atoms with E-state index < -0.39 is 0 Å². The van der Waals surface area contributed by atoms with Crippen LogP contribution >= 0.6 is 0 Å². The summed E-state index contributed by atoms with van der Waals surface area (Å²) in [4.78, 5) is 4.68. The normalized spacial score (nSPS) is 23.8. The Hall–Kier alpha value is -0.990. The van der Waals surface area contributed by atoms with Crippen LogP contribution in [-0.2, 0) is 0 Å². The molecule has 0 saturated heterocycles. The van der Waals surface area contributed by atoms with Crippen molar-refractivity contribution in [2.45, 2.75) is 65.8 Å². The van der Waals surface area contributed by atoms with Crippen LogP contribution in [0.5, 0.6) is 0 Å². The molecule has 0 bridgehead atoms. The Bertz CT molecular complexity index is 395. The average Bonchev–Trinajstić information content (AvgIpc) is 2.77. The maximum Gasteiger partial charge on any atom is 0.203 e. The lowest BCUT2D eigenvalue weighted by atomic mass is 9.83. The number of imidazole rings is 1. The second-order valence-corrected chi connectivity index (χ2v) is 6.41. The van der Waals surface area contributed by atoms with Gasteiger partial charge in [0.2, 0.25) is 5.95 Å². The van der Waals surface area contributed by atoms with E-state index >= 15 is 0 Å². The summed E-state index contributed by atoms with van der Waals surface area (Å²) in [6.45, 7) is 9.90. The molecule has 2 rings (SSSR count). The molecule has 1 aliphatic rings. The van der Waals surface area contributed by atoms with Crippen molar-refractivity contribution in [3.8, 4) is 0 Å². The van der Waals surface area contributed by atoms with Gasteiger partial charge in [-0.05, 0) is 31.6 Å². The van der Waals surface area contributed by atoms with Crippen LogP contribution in [0.25, 0.3) is 0 Å². The molecule has 2 unspecified atom stereocenters. The topological polar surface area (TPSA) is 29.9 Å². The van der Waals surface area contributed by atoms with E-state index in [0.29, 0.717) is 12.0 Å². The highest BCUT2D eigenvalue weighted by atomic mass is 15.2. The predicted octanol–water partition coefficient (Wildman–Crippen LogP) is 4.40. The first-order valence-electron chi connectivity index (χ1n) is 7.91. The fraction of sp³-hybridized carbons (Fsp3) is 0.812. The van der Waals surface area contributed by atoms with Gasteiger partial charge < -0.3 is 9.88 Å². The molecule has 0 amide bonds.